The first-order valence-electron chi connectivity index (χ1n) is 7.99. The van der Waals surface area contributed by atoms with E-state index in [0.29, 0.717) is 0 Å². The Hall–Kier alpha value is -1.83. The summed E-state index contributed by atoms with van der Waals surface area (Å²) >= 11 is 0. The van der Waals surface area contributed by atoms with E-state index in [2.05, 4.69) is 0 Å². The first-order chi connectivity index (χ1) is 13.2. The van der Waals surface area contributed by atoms with Crippen molar-refractivity contribution in [2.24, 2.45) is 0 Å². The summed E-state index contributed by atoms with van der Waals surface area (Å²) in [6, 6.07) is 11.1. The van der Waals surface area contributed by atoms with Crippen LogP contribution >= 0.6 is 7.92 Å². The van der Waals surface area contributed by atoms with Gasteiger partial charge in [-0.15, -0.1) is 0 Å². The highest BCUT2D eigenvalue weighted by molar-refractivity contribution is 7.74. The van der Waals surface area contributed by atoms with Crippen molar-refractivity contribution < 1.29 is 43.9 Å². The van der Waals surface area contributed by atoms with Gasteiger partial charge in [0.2, 0.25) is 11.6 Å². The van der Waals surface area contributed by atoms with Gasteiger partial charge in [-0.25, -0.2) is 8.78 Å². The Bertz CT molecular complexity index is 831. The zero-order valence-electron chi connectivity index (χ0n) is 14.1. The van der Waals surface area contributed by atoms with E-state index < -0.39 is 53.8 Å². The number of hydrogen-bond donors (Lipinski definition) is 0. The molecule has 29 heavy (non-hydrogen) atoms. The number of alkyl halides is 10. The maximum absolute atomic E-state index is 15.7. The van der Waals surface area contributed by atoms with E-state index in [9.17, 15) is 39.5 Å². The highest BCUT2D eigenvalue weighted by atomic mass is 31.1. The third-order valence-corrected chi connectivity index (χ3v) is 7.44. The fourth-order valence-electron chi connectivity index (χ4n) is 3.12. The Labute approximate surface area is 159 Å². The normalized spacial score (nSPS) is 29.6. The van der Waals surface area contributed by atoms with Crippen LogP contribution in [0.1, 0.15) is 0 Å². The van der Waals surface area contributed by atoms with Crippen molar-refractivity contribution in [1.82, 2.24) is 0 Å². The van der Waals surface area contributed by atoms with Crippen LogP contribution in [0, 0.1) is 0 Å². The van der Waals surface area contributed by atoms with Crippen LogP contribution in [0.25, 0.3) is 0 Å². The van der Waals surface area contributed by atoms with Crippen LogP contribution in [0.4, 0.5) is 43.9 Å². The van der Waals surface area contributed by atoms with Crippen LogP contribution in [0.5, 0.6) is 0 Å². The summed E-state index contributed by atoms with van der Waals surface area (Å²) in [6.07, 6.45) is -4.91. The molecular weight excluding hydrogens is 437 g/mol. The Morgan fingerprint density at radius 3 is 1.31 bits per heavy atom. The maximum Gasteiger partial charge on any atom is 0.382 e. The fourth-order valence-corrected chi connectivity index (χ4v) is 5.92. The minimum absolute atomic E-state index is 0.504. The van der Waals surface area contributed by atoms with Crippen LogP contribution in [0.3, 0.4) is 0 Å². The average Bonchev–Trinajstić information content (AvgIpc) is 2.67. The average molecular weight is 448 g/mol. The van der Waals surface area contributed by atoms with E-state index in [-0.39, 0.29) is 0 Å². The Morgan fingerprint density at radius 1 is 0.552 bits per heavy atom. The molecular formula is C18H11F10P. The second-order valence-corrected chi connectivity index (χ2v) is 8.74. The first kappa shape index (κ1) is 21.9. The van der Waals surface area contributed by atoms with Gasteiger partial charge in [0.15, 0.2) is 0 Å². The molecule has 0 aliphatic heterocycles. The van der Waals surface area contributed by atoms with E-state index in [1.807, 2.05) is 0 Å². The van der Waals surface area contributed by atoms with Gasteiger partial charge in [0.1, 0.15) is 0 Å². The molecule has 0 radical (unpaired) electrons. The molecule has 3 rings (SSSR count). The van der Waals surface area contributed by atoms with Gasteiger partial charge < -0.3 is 0 Å². The number of halogens is 10. The molecule has 0 nitrogen and oxygen atoms in total. The Balaban J connectivity index is 2.37. The molecule has 158 valence electrons. The molecule has 0 saturated heterocycles. The third kappa shape index (κ3) is 2.64. The molecule has 11 heteroatoms. The van der Waals surface area contributed by atoms with Gasteiger partial charge in [-0.3, -0.25) is 0 Å². The SMILES string of the molecule is FC1C(F)(F)C(F)(F)C(F)(F)C(F)(F)C1(F)P(c1ccccc1)c1ccccc1. The van der Waals surface area contributed by atoms with E-state index in [4.69, 9.17) is 0 Å². The number of hydrogen-bond acceptors (Lipinski definition) is 0. The molecule has 1 fully saturated rings. The molecule has 0 N–H and O–H groups in total. The summed E-state index contributed by atoms with van der Waals surface area (Å²) in [5, 5.41) is -6.34. The predicted octanol–water partition coefficient (Wildman–Crippen LogP) is 5.68. The summed E-state index contributed by atoms with van der Waals surface area (Å²) in [4.78, 5) is 0. The van der Waals surface area contributed by atoms with Crippen LogP contribution in [-0.4, -0.2) is 35.3 Å². The van der Waals surface area contributed by atoms with Gasteiger partial charge in [-0.2, -0.15) is 35.1 Å². The Kier molecular flexibility index (Phi) is 4.97. The standard InChI is InChI=1S/C18H11F10P/c19-13-14(20,21)16(23,24)18(27,28)17(25,26)15(13,22)29(11-7-3-1-4-8-11)12-9-5-2-6-10-12/h1-10,13H. The monoisotopic (exact) mass is 448 g/mol. The minimum atomic E-state index is -6.86. The van der Waals surface area contributed by atoms with Crippen LogP contribution in [0.2, 0.25) is 0 Å². The highest BCUT2D eigenvalue weighted by Crippen LogP contribution is 2.72. The van der Waals surface area contributed by atoms with Crippen LogP contribution in [0.15, 0.2) is 60.7 Å². The van der Waals surface area contributed by atoms with Gasteiger partial charge >= 0.3 is 23.7 Å². The van der Waals surface area contributed by atoms with Gasteiger partial charge in [0.25, 0.3) is 0 Å². The molecule has 0 spiro atoms. The summed E-state index contributed by atoms with van der Waals surface area (Å²) in [7, 11) is -3.62. The fraction of sp³-hybridized carbons (Fsp3) is 0.333. The van der Waals surface area contributed by atoms with Gasteiger partial charge in [-0.05, 0) is 10.6 Å². The van der Waals surface area contributed by atoms with Crippen molar-refractivity contribution in [2.75, 3.05) is 0 Å². The quantitative estimate of drug-likeness (QED) is 0.419. The van der Waals surface area contributed by atoms with Gasteiger partial charge in [0.05, 0.1) is 0 Å². The van der Waals surface area contributed by atoms with Crippen molar-refractivity contribution in [3.63, 3.8) is 0 Å². The smallest absolute Gasteiger partial charge is 0.236 e. The maximum atomic E-state index is 15.7. The van der Waals surface area contributed by atoms with Crippen LogP contribution in [-0.2, 0) is 0 Å². The molecule has 0 amide bonds. The predicted molar refractivity (Wildman–Crippen MR) is 87.6 cm³/mol. The lowest BCUT2D eigenvalue weighted by Gasteiger charge is -2.52. The van der Waals surface area contributed by atoms with Gasteiger partial charge in [-0.1, -0.05) is 60.7 Å². The summed E-state index contributed by atoms with van der Waals surface area (Å²) in [5.41, 5.74) is 0. The molecule has 1 saturated carbocycles. The van der Waals surface area contributed by atoms with Crippen molar-refractivity contribution in [3.05, 3.63) is 60.7 Å². The van der Waals surface area contributed by atoms with E-state index >= 15 is 4.39 Å². The second-order valence-electron chi connectivity index (χ2n) is 6.39. The van der Waals surface area contributed by atoms with E-state index in [1.54, 1.807) is 0 Å². The highest BCUT2D eigenvalue weighted by Gasteiger charge is 2.96. The summed E-state index contributed by atoms with van der Waals surface area (Å²) in [5.74, 6) is -26.5. The topological polar surface area (TPSA) is 0 Å². The summed E-state index contributed by atoms with van der Waals surface area (Å²) < 4.78 is 142. The molecule has 2 aromatic carbocycles. The molecule has 2 atom stereocenters. The minimum Gasteiger partial charge on any atom is -0.236 e. The second kappa shape index (κ2) is 6.59. The van der Waals surface area contributed by atoms with E-state index in [1.165, 1.54) is 12.1 Å². The lowest BCUT2D eigenvalue weighted by Crippen LogP contribution is -2.79. The molecule has 1 aliphatic rings. The summed E-state index contributed by atoms with van der Waals surface area (Å²) in [6.45, 7) is 0. The lowest BCUT2D eigenvalue weighted by molar-refractivity contribution is -0.428. The molecule has 1 aliphatic carbocycles. The first-order valence-corrected chi connectivity index (χ1v) is 9.33. The molecule has 0 aromatic heterocycles. The zero-order chi connectivity index (χ0) is 21.9. The van der Waals surface area contributed by atoms with Gasteiger partial charge in [0, 0.05) is 7.92 Å². The van der Waals surface area contributed by atoms with Crippen molar-refractivity contribution in [3.8, 4) is 0 Å². The van der Waals surface area contributed by atoms with E-state index in [0.717, 1.165) is 48.5 Å². The molecule has 0 heterocycles. The third-order valence-electron chi connectivity index (χ3n) is 4.66. The van der Waals surface area contributed by atoms with Crippen molar-refractivity contribution in [1.29, 1.82) is 0 Å². The Morgan fingerprint density at radius 2 is 0.931 bits per heavy atom. The van der Waals surface area contributed by atoms with Crippen LogP contribution < -0.4 is 10.6 Å². The number of rotatable bonds is 3. The van der Waals surface area contributed by atoms with Crippen molar-refractivity contribution >= 4 is 18.5 Å². The number of benzene rings is 2. The van der Waals surface area contributed by atoms with Crippen molar-refractivity contribution in [2.45, 2.75) is 35.3 Å². The zero-order valence-corrected chi connectivity index (χ0v) is 15.0. The molecule has 0 bridgehead atoms. The lowest BCUT2D eigenvalue weighted by atomic mass is 9.82. The molecule has 2 aromatic rings. The largest absolute Gasteiger partial charge is 0.382 e. The molecule has 2 unspecified atom stereocenters.